The van der Waals surface area contributed by atoms with Crippen molar-refractivity contribution in [1.29, 1.82) is 0 Å². The number of hydrogen-bond donors (Lipinski definition) is 1. The van der Waals surface area contributed by atoms with Gasteiger partial charge < -0.3 is 5.32 Å². The molecular formula is C19H22N2O3. The molecule has 24 heavy (non-hydrogen) atoms. The Hall–Kier alpha value is -2.69. The summed E-state index contributed by atoms with van der Waals surface area (Å²) in [5.74, 6) is -0.316. The van der Waals surface area contributed by atoms with E-state index in [2.05, 4.69) is 24.4 Å². The second-order valence-corrected chi connectivity index (χ2v) is 6.25. The minimum Gasteiger partial charge on any atom is -0.346 e. The van der Waals surface area contributed by atoms with Crippen LogP contribution in [0.15, 0.2) is 30.3 Å². The van der Waals surface area contributed by atoms with E-state index < -0.39 is 4.92 Å². The lowest BCUT2D eigenvalue weighted by atomic mass is 9.96. The molecule has 0 radical (unpaired) electrons. The van der Waals surface area contributed by atoms with Crippen molar-refractivity contribution in [2.45, 2.75) is 40.7 Å². The molecule has 2 rings (SSSR count). The lowest BCUT2D eigenvalue weighted by molar-refractivity contribution is -0.385. The largest absolute Gasteiger partial charge is 0.346 e. The summed E-state index contributed by atoms with van der Waals surface area (Å²) in [5, 5.41) is 14.0. The van der Waals surface area contributed by atoms with Crippen LogP contribution in [0.3, 0.4) is 0 Å². The van der Waals surface area contributed by atoms with E-state index in [1.54, 1.807) is 19.1 Å². The number of rotatable bonds is 4. The summed E-state index contributed by atoms with van der Waals surface area (Å²) >= 11 is 0. The fraction of sp³-hybridized carbons (Fsp3) is 0.316. The summed E-state index contributed by atoms with van der Waals surface area (Å²) in [4.78, 5) is 23.0. The van der Waals surface area contributed by atoms with Gasteiger partial charge in [-0.3, -0.25) is 14.9 Å². The second kappa shape index (κ2) is 6.83. The molecule has 2 aromatic rings. The summed E-state index contributed by atoms with van der Waals surface area (Å²) in [7, 11) is 0. The van der Waals surface area contributed by atoms with Crippen LogP contribution in [-0.2, 0) is 0 Å². The quantitative estimate of drug-likeness (QED) is 0.672. The predicted molar refractivity (Wildman–Crippen MR) is 94.4 cm³/mol. The Balaban J connectivity index is 2.25. The van der Waals surface area contributed by atoms with E-state index in [0.29, 0.717) is 11.1 Å². The minimum atomic E-state index is -0.469. The molecule has 0 aliphatic carbocycles. The van der Waals surface area contributed by atoms with E-state index in [-0.39, 0.29) is 17.6 Å². The molecule has 1 amide bonds. The van der Waals surface area contributed by atoms with Crippen molar-refractivity contribution in [1.82, 2.24) is 5.32 Å². The van der Waals surface area contributed by atoms with Gasteiger partial charge in [0.25, 0.3) is 11.6 Å². The Morgan fingerprint density at radius 2 is 1.62 bits per heavy atom. The third-order valence-electron chi connectivity index (χ3n) is 4.36. The summed E-state index contributed by atoms with van der Waals surface area (Å²) in [6.45, 7) is 9.68. The predicted octanol–water partition coefficient (Wildman–Crippen LogP) is 4.32. The molecular weight excluding hydrogens is 304 g/mol. The summed E-state index contributed by atoms with van der Waals surface area (Å²) in [5.41, 5.74) is 5.33. The van der Waals surface area contributed by atoms with Gasteiger partial charge in [-0.25, -0.2) is 0 Å². The first-order valence-electron chi connectivity index (χ1n) is 7.84. The van der Waals surface area contributed by atoms with Gasteiger partial charge in [-0.1, -0.05) is 18.2 Å². The van der Waals surface area contributed by atoms with Crippen LogP contribution in [0.25, 0.3) is 0 Å². The SMILES string of the molecule is Cc1cc(C)c([C@@H](C)NC(=O)c2ccc(C)c([N+](=O)[O-])c2)cc1C. The van der Waals surface area contributed by atoms with Crippen molar-refractivity contribution < 1.29 is 9.72 Å². The lowest BCUT2D eigenvalue weighted by Gasteiger charge is -2.18. The van der Waals surface area contributed by atoms with Crippen LogP contribution in [0.2, 0.25) is 0 Å². The molecule has 0 heterocycles. The number of amides is 1. The third-order valence-corrected chi connectivity index (χ3v) is 4.36. The Morgan fingerprint density at radius 3 is 2.25 bits per heavy atom. The summed E-state index contributed by atoms with van der Waals surface area (Å²) < 4.78 is 0. The molecule has 126 valence electrons. The maximum absolute atomic E-state index is 12.4. The number of nitro benzene ring substituents is 1. The first-order chi connectivity index (χ1) is 11.2. The maximum atomic E-state index is 12.4. The zero-order valence-electron chi connectivity index (χ0n) is 14.6. The molecule has 0 bridgehead atoms. The number of aryl methyl sites for hydroxylation is 4. The molecule has 0 aromatic heterocycles. The monoisotopic (exact) mass is 326 g/mol. The van der Waals surface area contributed by atoms with Crippen molar-refractivity contribution in [3.05, 3.63) is 73.8 Å². The van der Waals surface area contributed by atoms with Crippen LogP contribution in [0, 0.1) is 37.8 Å². The molecule has 1 N–H and O–H groups in total. The van der Waals surface area contributed by atoms with Crippen molar-refractivity contribution in [3.8, 4) is 0 Å². The first kappa shape index (κ1) is 17.7. The van der Waals surface area contributed by atoms with Crippen LogP contribution < -0.4 is 5.32 Å². The van der Waals surface area contributed by atoms with E-state index in [1.165, 1.54) is 17.2 Å². The molecule has 0 saturated carbocycles. The zero-order chi connectivity index (χ0) is 18.0. The van der Waals surface area contributed by atoms with E-state index in [0.717, 1.165) is 11.1 Å². The van der Waals surface area contributed by atoms with Crippen LogP contribution in [0.5, 0.6) is 0 Å². The van der Waals surface area contributed by atoms with Crippen LogP contribution >= 0.6 is 0 Å². The molecule has 0 aliphatic heterocycles. The zero-order valence-corrected chi connectivity index (χ0v) is 14.6. The standard InChI is InChI=1S/C19H22N2O3/c1-11-6-7-16(10-18(11)21(23)24)19(22)20-15(5)17-9-13(3)12(2)8-14(17)4/h6-10,15H,1-5H3,(H,20,22)/t15-/m1/s1. The normalized spacial score (nSPS) is 11.9. The number of nitrogens with zero attached hydrogens (tertiary/aromatic N) is 1. The van der Waals surface area contributed by atoms with Gasteiger partial charge in [0, 0.05) is 17.2 Å². The molecule has 2 aromatic carbocycles. The lowest BCUT2D eigenvalue weighted by Crippen LogP contribution is -2.27. The van der Waals surface area contributed by atoms with Gasteiger partial charge in [-0.2, -0.15) is 0 Å². The first-order valence-corrected chi connectivity index (χ1v) is 7.84. The molecule has 0 unspecified atom stereocenters. The number of nitrogens with one attached hydrogen (secondary N) is 1. The maximum Gasteiger partial charge on any atom is 0.273 e. The van der Waals surface area contributed by atoms with Gasteiger partial charge >= 0.3 is 0 Å². The van der Waals surface area contributed by atoms with Gasteiger partial charge in [0.2, 0.25) is 0 Å². The van der Waals surface area contributed by atoms with Crippen LogP contribution in [0.4, 0.5) is 5.69 Å². The Bertz CT molecular complexity index is 812. The minimum absolute atomic E-state index is 0.0438. The van der Waals surface area contributed by atoms with Crippen molar-refractivity contribution in [2.75, 3.05) is 0 Å². The van der Waals surface area contributed by atoms with Gasteiger partial charge in [0.15, 0.2) is 0 Å². The molecule has 0 spiro atoms. The average molecular weight is 326 g/mol. The number of carbonyl (C=O) groups excluding carboxylic acids is 1. The summed E-state index contributed by atoms with van der Waals surface area (Å²) in [6.07, 6.45) is 0. The molecule has 5 heteroatoms. The fourth-order valence-corrected chi connectivity index (χ4v) is 2.75. The highest BCUT2D eigenvalue weighted by atomic mass is 16.6. The molecule has 1 atom stereocenters. The second-order valence-electron chi connectivity index (χ2n) is 6.25. The number of hydrogen-bond acceptors (Lipinski definition) is 3. The molecule has 0 fully saturated rings. The van der Waals surface area contributed by atoms with E-state index in [4.69, 9.17) is 0 Å². The Labute approximate surface area is 141 Å². The highest BCUT2D eigenvalue weighted by Gasteiger charge is 2.18. The van der Waals surface area contributed by atoms with Crippen molar-refractivity contribution in [2.24, 2.45) is 0 Å². The smallest absolute Gasteiger partial charge is 0.273 e. The Kier molecular flexibility index (Phi) is 5.02. The van der Waals surface area contributed by atoms with Gasteiger partial charge in [0.1, 0.15) is 0 Å². The molecule has 0 aliphatic rings. The van der Waals surface area contributed by atoms with Crippen LogP contribution in [-0.4, -0.2) is 10.8 Å². The van der Waals surface area contributed by atoms with Crippen LogP contribution in [0.1, 0.15) is 51.1 Å². The molecule has 0 saturated heterocycles. The fourth-order valence-electron chi connectivity index (χ4n) is 2.75. The van der Waals surface area contributed by atoms with Crippen molar-refractivity contribution in [3.63, 3.8) is 0 Å². The number of nitro groups is 1. The van der Waals surface area contributed by atoms with E-state index in [9.17, 15) is 14.9 Å². The van der Waals surface area contributed by atoms with Gasteiger partial charge in [-0.15, -0.1) is 0 Å². The van der Waals surface area contributed by atoms with Gasteiger partial charge in [0.05, 0.1) is 11.0 Å². The van der Waals surface area contributed by atoms with Gasteiger partial charge in [-0.05, 0) is 62.9 Å². The summed E-state index contributed by atoms with van der Waals surface area (Å²) in [6, 6.07) is 8.52. The highest BCUT2D eigenvalue weighted by Crippen LogP contribution is 2.23. The van der Waals surface area contributed by atoms with E-state index in [1.807, 2.05) is 20.8 Å². The van der Waals surface area contributed by atoms with E-state index >= 15 is 0 Å². The number of benzene rings is 2. The highest BCUT2D eigenvalue weighted by molar-refractivity contribution is 5.95. The van der Waals surface area contributed by atoms with Crippen molar-refractivity contribution >= 4 is 11.6 Å². The third kappa shape index (κ3) is 3.62. The number of carbonyl (C=O) groups is 1. The average Bonchev–Trinajstić information content (AvgIpc) is 2.50. The topological polar surface area (TPSA) is 72.2 Å². The molecule has 5 nitrogen and oxygen atoms in total. The Morgan fingerprint density at radius 1 is 1.00 bits per heavy atom.